The molecule has 3 atom stereocenters. The van der Waals surface area contributed by atoms with Crippen LogP contribution in [0.25, 0.3) is 0 Å². The zero-order chi connectivity index (χ0) is 16.8. The molecule has 0 amide bonds. The van der Waals surface area contributed by atoms with Crippen molar-refractivity contribution in [1.29, 1.82) is 0 Å². The number of hydrogen-bond acceptors (Lipinski definition) is 4. The highest BCUT2D eigenvalue weighted by atomic mass is 32.2. The van der Waals surface area contributed by atoms with Gasteiger partial charge in [0.15, 0.2) is 0 Å². The molecule has 3 unspecified atom stereocenters. The Morgan fingerprint density at radius 3 is 2.23 bits per heavy atom. The van der Waals surface area contributed by atoms with Crippen LogP contribution in [0, 0.1) is 5.92 Å². The van der Waals surface area contributed by atoms with Gasteiger partial charge in [0, 0.05) is 11.7 Å². The van der Waals surface area contributed by atoms with E-state index in [2.05, 4.69) is 23.9 Å². The third kappa shape index (κ3) is 6.77. The fourth-order valence-electron chi connectivity index (χ4n) is 2.25. The van der Waals surface area contributed by atoms with Gasteiger partial charge in [-0.25, -0.2) is 8.42 Å². The summed E-state index contributed by atoms with van der Waals surface area (Å²) in [6.07, 6.45) is 0.496. The van der Waals surface area contributed by atoms with Gasteiger partial charge in [0.2, 0.25) is 10.0 Å². The first kappa shape index (κ1) is 18.9. The van der Waals surface area contributed by atoms with Gasteiger partial charge in [-0.05, 0) is 57.4 Å². The van der Waals surface area contributed by atoms with Crippen LogP contribution in [0.15, 0.2) is 24.3 Å². The van der Waals surface area contributed by atoms with Crippen LogP contribution in [0.4, 0.5) is 5.69 Å². The standard InChI is InChI=1S/C16H28N2O3S/c1-5-22(20,21)18-16-8-6-15(7-9-16)14(4)17-11-12(2)10-13(3)19/h6-9,12-14,17-19H,5,10-11H2,1-4H3. The molecule has 0 spiro atoms. The summed E-state index contributed by atoms with van der Waals surface area (Å²) in [5.41, 5.74) is 1.68. The summed E-state index contributed by atoms with van der Waals surface area (Å²) in [5, 5.41) is 12.8. The fraction of sp³-hybridized carbons (Fsp3) is 0.625. The second-order valence-corrected chi connectivity index (χ2v) is 7.96. The second kappa shape index (κ2) is 8.50. The normalized spacial score (nSPS) is 16.0. The van der Waals surface area contributed by atoms with Crippen molar-refractivity contribution < 1.29 is 13.5 Å². The molecule has 0 aliphatic rings. The van der Waals surface area contributed by atoms with Gasteiger partial charge in [0.05, 0.1) is 11.9 Å². The van der Waals surface area contributed by atoms with Crippen LogP contribution in [0.3, 0.4) is 0 Å². The molecule has 1 aromatic rings. The van der Waals surface area contributed by atoms with Crippen molar-refractivity contribution >= 4 is 15.7 Å². The molecular formula is C16H28N2O3S. The van der Waals surface area contributed by atoms with Crippen LogP contribution in [0.2, 0.25) is 0 Å². The first-order valence-corrected chi connectivity index (χ1v) is 9.40. The third-order valence-electron chi connectivity index (χ3n) is 3.58. The maximum absolute atomic E-state index is 11.5. The van der Waals surface area contributed by atoms with E-state index in [-0.39, 0.29) is 17.9 Å². The minimum absolute atomic E-state index is 0.0634. The highest BCUT2D eigenvalue weighted by molar-refractivity contribution is 7.92. The molecule has 0 saturated carbocycles. The number of rotatable bonds is 9. The first-order valence-electron chi connectivity index (χ1n) is 7.75. The number of aliphatic hydroxyl groups is 1. The van der Waals surface area contributed by atoms with Gasteiger partial charge in [-0.15, -0.1) is 0 Å². The van der Waals surface area contributed by atoms with Crippen molar-refractivity contribution in [3.8, 4) is 0 Å². The van der Waals surface area contributed by atoms with Crippen LogP contribution >= 0.6 is 0 Å². The summed E-state index contributed by atoms with van der Waals surface area (Å²) >= 11 is 0. The molecule has 0 heterocycles. The molecule has 0 fully saturated rings. The Bertz CT molecular complexity index is 541. The second-order valence-electron chi connectivity index (χ2n) is 5.95. The number of nitrogens with one attached hydrogen (secondary N) is 2. The molecule has 0 bridgehead atoms. The minimum Gasteiger partial charge on any atom is -0.393 e. The minimum atomic E-state index is -3.23. The van der Waals surface area contributed by atoms with Gasteiger partial charge in [0.1, 0.15) is 0 Å². The first-order chi connectivity index (χ1) is 10.2. The topological polar surface area (TPSA) is 78.4 Å². The number of anilines is 1. The van der Waals surface area contributed by atoms with Gasteiger partial charge in [0.25, 0.3) is 0 Å². The van der Waals surface area contributed by atoms with Crippen LogP contribution in [-0.2, 0) is 10.0 Å². The van der Waals surface area contributed by atoms with E-state index in [0.717, 1.165) is 18.5 Å². The fourth-order valence-corrected chi connectivity index (χ4v) is 2.89. The summed E-state index contributed by atoms with van der Waals surface area (Å²) in [4.78, 5) is 0. The van der Waals surface area contributed by atoms with E-state index >= 15 is 0 Å². The van der Waals surface area contributed by atoms with E-state index in [0.29, 0.717) is 11.6 Å². The Kier molecular flexibility index (Phi) is 7.32. The summed E-state index contributed by atoms with van der Waals surface area (Å²) in [6, 6.07) is 7.57. The predicted octanol–water partition coefficient (Wildman–Crippen LogP) is 2.51. The van der Waals surface area contributed by atoms with Crippen molar-refractivity contribution in [2.75, 3.05) is 17.0 Å². The van der Waals surface area contributed by atoms with Crippen molar-refractivity contribution in [2.24, 2.45) is 5.92 Å². The molecule has 0 aliphatic carbocycles. The summed E-state index contributed by atoms with van der Waals surface area (Å²) in [6.45, 7) is 8.42. The maximum atomic E-state index is 11.5. The lowest BCUT2D eigenvalue weighted by Gasteiger charge is -2.19. The zero-order valence-electron chi connectivity index (χ0n) is 13.8. The molecular weight excluding hydrogens is 300 g/mol. The number of benzene rings is 1. The van der Waals surface area contributed by atoms with E-state index in [9.17, 15) is 13.5 Å². The Hall–Kier alpha value is -1.11. The third-order valence-corrected chi connectivity index (χ3v) is 4.89. The van der Waals surface area contributed by atoms with Gasteiger partial charge < -0.3 is 10.4 Å². The number of sulfonamides is 1. The molecule has 1 rings (SSSR count). The molecule has 6 heteroatoms. The molecule has 0 aliphatic heterocycles. The van der Waals surface area contributed by atoms with Crippen LogP contribution in [0.1, 0.15) is 45.7 Å². The lowest BCUT2D eigenvalue weighted by molar-refractivity contribution is 0.162. The SMILES string of the molecule is CCS(=O)(=O)Nc1ccc(C(C)NCC(C)CC(C)O)cc1. The molecule has 5 nitrogen and oxygen atoms in total. The molecule has 22 heavy (non-hydrogen) atoms. The van der Waals surface area contributed by atoms with Gasteiger partial charge >= 0.3 is 0 Å². The zero-order valence-corrected chi connectivity index (χ0v) is 14.7. The average Bonchev–Trinajstić information content (AvgIpc) is 2.44. The molecule has 0 aromatic heterocycles. The van der Waals surface area contributed by atoms with Gasteiger partial charge in [-0.3, -0.25) is 4.72 Å². The number of hydrogen-bond donors (Lipinski definition) is 3. The van der Waals surface area contributed by atoms with Crippen molar-refractivity contribution in [1.82, 2.24) is 5.32 Å². The van der Waals surface area contributed by atoms with Crippen LogP contribution in [-0.4, -0.2) is 31.9 Å². The summed E-state index contributed by atoms with van der Waals surface area (Å²) < 4.78 is 25.5. The lowest BCUT2D eigenvalue weighted by Crippen LogP contribution is -2.26. The highest BCUT2D eigenvalue weighted by Gasteiger charge is 2.11. The van der Waals surface area contributed by atoms with Crippen molar-refractivity contribution in [3.05, 3.63) is 29.8 Å². The van der Waals surface area contributed by atoms with E-state index in [1.54, 1.807) is 26.0 Å². The highest BCUT2D eigenvalue weighted by Crippen LogP contribution is 2.17. The van der Waals surface area contributed by atoms with Crippen molar-refractivity contribution in [2.45, 2.75) is 46.3 Å². The molecule has 126 valence electrons. The quantitative estimate of drug-likeness (QED) is 0.651. The molecule has 3 N–H and O–H groups in total. The Labute approximate surface area is 134 Å². The molecule has 0 radical (unpaired) electrons. The maximum Gasteiger partial charge on any atom is 0.232 e. The van der Waals surface area contributed by atoms with Gasteiger partial charge in [-0.2, -0.15) is 0 Å². The lowest BCUT2D eigenvalue weighted by atomic mass is 10.0. The van der Waals surface area contributed by atoms with Crippen LogP contribution < -0.4 is 10.0 Å². The predicted molar refractivity (Wildman–Crippen MR) is 91.4 cm³/mol. The monoisotopic (exact) mass is 328 g/mol. The molecule has 0 saturated heterocycles. The van der Waals surface area contributed by atoms with Gasteiger partial charge in [-0.1, -0.05) is 19.1 Å². The smallest absolute Gasteiger partial charge is 0.232 e. The Balaban J connectivity index is 2.55. The van der Waals surface area contributed by atoms with Crippen LogP contribution in [0.5, 0.6) is 0 Å². The largest absolute Gasteiger partial charge is 0.393 e. The summed E-state index contributed by atoms with van der Waals surface area (Å²) in [5.74, 6) is 0.464. The van der Waals surface area contributed by atoms with E-state index in [4.69, 9.17) is 0 Å². The van der Waals surface area contributed by atoms with E-state index < -0.39 is 10.0 Å². The number of aliphatic hydroxyl groups excluding tert-OH is 1. The Morgan fingerprint density at radius 2 is 1.73 bits per heavy atom. The van der Waals surface area contributed by atoms with E-state index in [1.165, 1.54) is 0 Å². The van der Waals surface area contributed by atoms with E-state index in [1.807, 2.05) is 12.1 Å². The summed E-state index contributed by atoms with van der Waals surface area (Å²) in [7, 11) is -3.23. The molecule has 1 aromatic carbocycles. The average molecular weight is 328 g/mol. The Morgan fingerprint density at radius 1 is 1.14 bits per heavy atom. The van der Waals surface area contributed by atoms with Crippen molar-refractivity contribution in [3.63, 3.8) is 0 Å².